The van der Waals surface area contributed by atoms with Gasteiger partial charge >= 0.3 is 0 Å². The number of likely N-dealkylation sites (tertiary alicyclic amines) is 1. The molecule has 2 aromatic carbocycles. The Morgan fingerprint density at radius 1 is 0.971 bits per heavy atom. The molecule has 5 unspecified atom stereocenters. The third kappa shape index (κ3) is 3.39. The number of hydrogen-bond acceptors (Lipinski definition) is 5. The van der Waals surface area contributed by atoms with Gasteiger partial charge in [0.05, 0.1) is 35.3 Å². The van der Waals surface area contributed by atoms with Crippen molar-refractivity contribution in [2.24, 2.45) is 23.7 Å². The van der Waals surface area contributed by atoms with E-state index >= 15 is 0 Å². The number of nitrogens with one attached hydrogen (secondary N) is 1. The van der Waals surface area contributed by atoms with Gasteiger partial charge in [0, 0.05) is 23.1 Å². The van der Waals surface area contributed by atoms with E-state index in [9.17, 15) is 14.4 Å². The Morgan fingerprint density at radius 2 is 1.62 bits per heavy atom. The van der Waals surface area contributed by atoms with Crippen molar-refractivity contribution in [3.8, 4) is 0 Å². The van der Waals surface area contributed by atoms with Gasteiger partial charge in [-0.15, -0.1) is 0 Å². The zero-order valence-electron chi connectivity index (χ0n) is 18.1. The first-order chi connectivity index (χ1) is 16.5. The van der Waals surface area contributed by atoms with Gasteiger partial charge in [0.2, 0.25) is 17.7 Å². The van der Waals surface area contributed by atoms with Crippen LogP contribution in [0.25, 0.3) is 11.0 Å². The fourth-order valence-electron chi connectivity index (χ4n) is 5.70. The van der Waals surface area contributed by atoms with Crippen LogP contribution in [0.1, 0.15) is 24.4 Å². The highest BCUT2D eigenvalue weighted by Gasteiger charge is 2.60. The molecule has 2 heterocycles. The monoisotopic (exact) mass is 472 g/mol. The number of rotatable bonds is 5. The van der Waals surface area contributed by atoms with Crippen molar-refractivity contribution in [1.82, 2.24) is 14.9 Å². The molecule has 1 saturated carbocycles. The maximum Gasteiger partial charge on any atom is 0.234 e. The van der Waals surface area contributed by atoms with Crippen molar-refractivity contribution >= 4 is 46.0 Å². The van der Waals surface area contributed by atoms with Crippen LogP contribution < -0.4 is 5.32 Å². The highest BCUT2D eigenvalue weighted by atomic mass is 35.5. The molecule has 3 aromatic rings. The highest BCUT2D eigenvalue weighted by molar-refractivity contribution is 6.30. The fraction of sp³-hybridized carbons (Fsp3) is 0.269. The fourth-order valence-corrected chi connectivity index (χ4v) is 5.83. The van der Waals surface area contributed by atoms with Gasteiger partial charge in [-0.2, -0.15) is 0 Å². The summed E-state index contributed by atoms with van der Waals surface area (Å²) in [5, 5.41) is 3.43. The van der Waals surface area contributed by atoms with E-state index in [1.807, 2.05) is 0 Å². The Kier molecular flexibility index (Phi) is 4.95. The molecule has 2 bridgehead atoms. The number of amides is 3. The number of anilines is 1. The molecule has 2 fully saturated rings. The minimum absolute atomic E-state index is 0.0557. The molecule has 170 valence electrons. The second kappa shape index (κ2) is 8.02. The van der Waals surface area contributed by atoms with Gasteiger partial charge in [0.1, 0.15) is 0 Å². The molecule has 34 heavy (non-hydrogen) atoms. The molecule has 1 aliphatic heterocycles. The summed E-state index contributed by atoms with van der Waals surface area (Å²) in [6.45, 7) is 0. The number of hydrogen-bond donors (Lipinski definition) is 1. The Morgan fingerprint density at radius 3 is 2.29 bits per heavy atom. The van der Waals surface area contributed by atoms with Gasteiger partial charge in [0.15, 0.2) is 0 Å². The second-order valence-corrected chi connectivity index (χ2v) is 9.56. The van der Waals surface area contributed by atoms with Crippen LogP contribution in [0.2, 0.25) is 5.02 Å². The molecule has 1 N–H and O–H groups in total. The number of allylic oxidation sites excluding steroid dienone is 2. The van der Waals surface area contributed by atoms with Crippen LogP contribution in [0, 0.1) is 23.7 Å². The maximum atomic E-state index is 13.5. The molecular formula is C26H21ClN4O3. The third-order valence-corrected chi connectivity index (χ3v) is 7.45. The topological polar surface area (TPSA) is 92.3 Å². The number of aromatic nitrogens is 2. The van der Waals surface area contributed by atoms with Crippen molar-refractivity contribution in [2.45, 2.75) is 18.9 Å². The zero-order valence-corrected chi connectivity index (χ0v) is 18.9. The minimum atomic E-state index is -0.706. The Bertz CT molecular complexity index is 1330. The lowest BCUT2D eigenvalue weighted by atomic mass is 9.85. The first-order valence-corrected chi connectivity index (χ1v) is 11.7. The van der Waals surface area contributed by atoms with E-state index in [0.717, 1.165) is 11.9 Å². The van der Waals surface area contributed by atoms with Gasteiger partial charge < -0.3 is 5.32 Å². The van der Waals surface area contributed by atoms with Crippen molar-refractivity contribution < 1.29 is 14.4 Å². The SMILES string of the molecule is O=C(CC(c1ccc(Cl)cc1)N1C(=O)C2C3C=CC(C3)C2C1=O)Nc1ccc2nccnc2c1. The molecule has 3 amide bonds. The summed E-state index contributed by atoms with van der Waals surface area (Å²) in [5.41, 5.74) is 2.66. The van der Waals surface area contributed by atoms with E-state index in [1.165, 1.54) is 4.90 Å². The summed E-state index contributed by atoms with van der Waals surface area (Å²) >= 11 is 6.07. The number of halogens is 1. The smallest absolute Gasteiger partial charge is 0.234 e. The summed E-state index contributed by atoms with van der Waals surface area (Å²) in [7, 11) is 0. The van der Waals surface area contributed by atoms with Crippen LogP contribution in [0.3, 0.4) is 0 Å². The van der Waals surface area contributed by atoms with E-state index in [4.69, 9.17) is 11.6 Å². The maximum absolute atomic E-state index is 13.5. The predicted octanol–water partition coefficient (Wildman–Crippen LogP) is 4.16. The first kappa shape index (κ1) is 21.0. The van der Waals surface area contributed by atoms with E-state index in [2.05, 4.69) is 27.4 Å². The van der Waals surface area contributed by atoms with Gasteiger partial charge in [-0.05, 0) is 54.2 Å². The molecule has 3 aliphatic rings. The van der Waals surface area contributed by atoms with E-state index in [-0.39, 0.29) is 47.8 Å². The zero-order chi connectivity index (χ0) is 23.4. The quantitative estimate of drug-likeness (QED) is 0.444. The molecule has 8 heteroatoms. The number of fused-ring (bicyclic) bond motifs is 6. The van der Waals surface area contributed by atoms with Crippen molar-refractivity contribution in [3.63, 3.8) is 0 Å². The molecule has 1 aromatic heterocycles. The highest BCUT2D eigenvalue weighted by Crippen LogP contribution is 2.54. The van der Waals surface area contributed by atoms with Crippen LogP contribution in [0.4, 0.5) is 5.69 Å². The number of carbonyl (C=O) groups is 3. The van der Waals surface area contributed by atoms with E-state index in [0.29, 0.717) is 21.8 Å². The van der Waals surface area contributed by atoms with Crippen LogP contribution in [-0.4, -0.2) is 32.6 Å². The summed E-state index contributed by atoms with van der Waals surface area (Å²) in [6.07, 6.45) is 8.13. The Labute approximate surface area is 200 Å². The van der Waals surface area contributed by atoms with E-state index < -0.39 is 6.04 Å². The minimum Gasteiger partial charge on any atom is -0.326 e. The Balaban J connectivity index is 1.29. The molecule has 0 spiro atoms. The molecule has 7 nitrogen and oxygen atoms in total. The lowest BCUT2D eigenvalue weighted by Crippen LogP contribution is -2.38. The third-order valence-electron chi connectivity index (χ3n) is 7.20. The average molecular weight is 473 g/mol. The molecular weight excluding hydrogens is 452 g/mol. The second-order valence-electron chi connectivity index (χ2n) is 9.13. The van der Waals surface area contributed by atoms with Crippen LogP contribution >= 0.6 is 11.6 Å². The molecule has 0 radical (unpaired) electrons. The predicted molar refractivity (Wildman–Crippen MR) is 127 cm³/mol. The van der Waals surface area contributed by atoms with Gasteiger partial charge in [-0.1, -0.05) is 35.9 Å². The van der Waals surface area contributed by atoms with Gasteiger partial charge in [-0.3, -0.25) is 29.3 Å². The molecule has 1 saturated heterocycles. The lowest BCUT2D eigenvalue weighted by molar-refractivity contribution is -0.144. The molecule has 5 atom stereocenters. The largest absolute Gasteiger partial charge is 0.326 e. The summed E-state index contributed by atoms with van der Waals surface area (Å²) in [4.78, 5) is 49.9. The summed E-state index contributed by atoms with van der Waals surface area (Å²) in [5.74, 6) is -1.09. The average Bonchev–Trinajstić information content (AvgIpc) is 3.52. The van der Waals surface area contributed by atoms with Crippen LogP contribution in [0.5, 0.6) is 0 Å². The first-order valence-electron chi connectivity index (χ1n) is 11.3. The number of benzene rings is 2. The van der Waals surface area contributed by atoms with Gasteiger partial charge in [0.25, 0.3) is 0 Å². The van der Waals surface area contributed by atoms with Crippen molar-refractivity contribution in [2.75, 3.05) is 5.32 Å². The van der Waals surface area contributed by atoms with E-state index in [1.54, 1.807) is 54.9 Å². The normalized spacial score (nSPS) is 25.7. The number of nitrogens with zero attached hydrogens (tertiary/aromatic N) is 3. The Hall–Kier alpha value is -3.58. The van der Waals surface area contributed by atoms with Crippen LogP contribution in [-0.2, 0) is 14.4 Å². The van der Waals surface area contributed by atoms with Crippen molar-refractivity contribution in [1.29, 1.82) is 0 Å². The number of carbonyl (C=O) groups excluding carboxylic acids is 3. The molecule has 2 aliphatic carbocycles. The van der Waals surface area contributed by atoms with Gasteiger partial charge in [-0.25, -0.2) is 0 Å². The standard InChI is InChI=1S/C26H21ClN4O3/c27-17-5-3-14(4-6-17)21(31-25(33)23-15-1-2-16(11-15)24(23)26(31)34)13-22(32)30-18-7-8-19-20(12-18)29-10-9-28-19/h1-10,12,15-16,21,23-24H,11,13H2,(H,30,32). The van der Waals surface area contributed by atoms with Crippen LogP contribution in [0.15, 0.2) is 67.0 Å². The summed E-state index contributed by atoms with van der Waals surface area (Å²) in [6, 6.07) is 11.5. The van der Waals surface area contributed by atoms with Crippen molar-refractivity contribution in [3.05, 3.63) is 77.6 Å². The number of imide groups is 1. The molecule has 6 rings (SSSR count). The summed E-state index contributed by atoms with van der Waals surface area (Å²) < 4.78 is 0. The lowest BCUT2D eigenvalue weighted by Gasteiger charge is -2.28.